The van der Waals surface area contributed by atoms with Gasteiger partial charge in [0.15, 0.2) is 5.82 Å². The number of anilines is 3. The quantitative estimate of drug-likeness (QED) is 0.176. The number of aryl methyl sites for hydroxylation is 1. The largest absolute Gasteiger partial charge is 0.507 e. The van der Waals surface area contributed by atoms with Crippen LogP contribution in [0.25, 0.3) is 22.3 Å². The number of piperazine rings is 1. The van der Waals surface area contributed by atoms with Crippen LogP contribution in [0, 0.1) is 12.8 Å². The number of urea groups is 1. The second-order valence-electron chi connectivity index (χ2n) is 16.8. The molecule has 6 heterocycles. The van der Waals surface area contributed by atoms with Crippen LogP contribution >= 0.6 is 0 Å². The Morgan fingerprint density at radius 3 is 2.47 bits per heavy atom. The standard InChI is InChI=1S/C45H52N10O5/c1-28-24-55(43-36(28)21-34(23-47-43)54-16-15-41(57)48-45(54)59)33-13-7-30(8-14-33)26-51-17-19-52(20-18-51)44(58)32-11-9-31(10-12-32)40-27-53(25-29(2)60-40)38-22-37(49-50-42(38)46)35-5-3-4-6-39(35)56/h3-6,9-12,21-24,29-30,33,40,56H,7-8,13-20,25-27H2,1-2H3,(H2,46,50)(H,48,57,59)/t29-,30?,33?,40-/m0/s1. The van der Waals surface area contributed by atoms with E-state index in [0.717, 1.165) is 73.2 Å². The summed E-state index contributed by atoms with van der Waals surface area (Å²) in [5.41, 5.74) is 12.6. The Bertz CT molecular complexity index is 2400. The number of morpholine rings is 1. The van der Waals surface area contributed by atoms with Gasteiger partial charge in [0.1, 0.15) is 17.5 Å². The van der Waals surface area contributed by atoms with Crippen molar-refractivity contribution >= 4 is 46.1 Å². The predicted molar refractivity (Wildman–Crippen MR) is 229 cm³/mol. The van der Waals surface area contributed by atoms with Crippen LogP contribution in [0.4, 0.5) is 22.0 Å². The van der Waals surface area contributed by atoms with Crippen LogP contribution in [-0.4, -0.2) is 111 Å². The van der Waals surface area contributed by atoms with Gasteiger partial charge in [0, 0.05) is 87.5 Å². The Balaban J connectivity index is 0.762. The van der Waals surface area contributed by atoms with E-state index in [0.29, 0.717) is 73.0 Å². The van der Waals surface area contributed by atoms with E-state index in [-0.39, 0.29) is 36.2 Å². The van der Waals surface area contributed by atoms with Gasteiger partial charge < -0.3 is 29.9 Å². The summed E-state index contributed by atoms with van der Waals surface area (Å²) >= 11 is 0. The normalized spacial score (nSPS) is 22.9. The van der Waals surface area contributed by atoms with Gasteiger partial charge in [-0.05, 0) is 93.0 Å². The summed E-state index contributed by atoms with van der Waals surface area (Å²) in [6, 6.07) is 18.7. The minimum Gasteiger partial charge on any atom is -0.507 e. The number of fused-ring (bicyclic) bond motifs is 1. The maximum atomic E-state index is 13.7. The first-order chi connectivity index (χ1) is 29.1. The Labute approximate surface area is 349 Å². The number of ether oxygens (including phenoxy) is 1. The third-order valence-electron chi connectivity index (χ3n) is 12.7. The van der Waals surface area contributed by atoms with Crippen molar-refractivity contribution in [1.29, 1.82) is 0 Å². The van der Waals surface area contributed by atoms with Gasteiger partial charge in [-0.1, -0.05) is 24.3 Å². The average Bonchev–Trinajstić information content (AvgIpc) is 3.59. The second kappa shape index (κ2) is 16.5. The smallest absolute Gasteiger partial charge is 0.328 e. The van der Waals surface area contributed by atoms with E-state index in [2.05, 4.69) is 43.0 Å². The number of imide groups is 1. The highest BCUT2D eigenvalue weighted by Crippen LogP contribution is 2.38. The van der Waals surface area contributed by atoms with Gasteiger partial charge in [-0.25, -0.2) is 9.78 Å². The molecule has 3 aliphatic heterocycles. The first kappa shape index (κ1) is 39.4. The molecule has 4 aliphatic rings. The van der Waals surface area contributed by atoms with E-state index >= 15 is 0 Å². The SMILES string of the molecule is Cc1cn(C2CCC(CN3CCN(C(=O)c4ccc([C@@H]5CN(c6cc(-c7ccccc7O)nnc6N)C[C@H](C)O5)cc4)CC3)CC2)c2ncc(N3CCC(=O)NC3=O)cc12. The lowest BCUT2D eigenvalue weighted by Gasteiger charge is -2.39. The van der Waals surface area contributed by atoms with Crippen molar-refractivity contribution in [3.05, 3.63) is 89.7 Å². The molecular weight excluding hydrogens is 761 g/mol. The number of para-hydroxylation sites is 1. The van der Waals surface area contributed by atoms with Crippen molar-refractivity contribution in [2.75, 3.05) is 67.9 Å². The van der Waals surface area contributed by atoms with Gasteiger partial charge in [0.25, 0.3) is 5.91 Å². The van der Waals surface area contributed by atoms with Gasteiger partial charge in [-0.3, -0.25) is 24.7 Å². The lowest BCUT2D eigenvalue weighted by Crippen LogP contribution is -2.50. The zero-order valence-corrected chi connectivity index (χ0v) is 34.2. The molecule has 15 heteroatoms. The lowest BCUT2D eigenvalue weighted by molar-refractivity contribution is -0.120. The summed E-state index contributed by atoms with van der Waals surface area (Å²) in [6.07, 6.45) is 8.35. The summed E-state index contributed by atoms with van der Waals surface area (Å²) in [7, 11) is 0. The fourth-order valence-corrected chi connectivity index (χ4v) is 9.44. The number of benzene rings is 2. The molecule has 2 atom stereocenters. The fraction of sp³-hybridized carbons (Fsp3) is 0.422. The van der Waals surface area contributed by atoms with E-state index in [1.54, 1.807) is 29.3 Å². The second-order valence-corrected chi connectivity index (χ2v) is 16.8. The van der Waals surface area contributed by atoms with Crippen LogP contribution in [0.3, 0.4) is 0 Å². The first-order valence-corrected chi connectivity index (χ1v) is 21.1. The van der Waals surface area contributed by atoms with E-state index < -0.39 is 6.03 Å². The molecule has 2 aromatic carbocycles. The Morgan fingerprint density at radius 1 is 0.950 bits per heavy atom. The molecule has 1 saturated carbocycles. The molecule has 1 aliphatic carbocycles. The van der Waals surface area contributed by atoms with Crippen LogP contribution < -0.4 is 20.9 Å². The highest BCUT2D eigenvalue weighted by molar-refractivity contribution is 6.06. The van der Waals surface area contributed by atoms with Crippen molar-refractivity contribution in [2.24, 2.45) is 5.92 Å². The number of nitrogens with two attached hydrogens (primary N) is 1. The maximum Gasteiger partial charge on any atom is 0.328 e. The van der Waals surface area contributed by atoms with Crippen molar-refractivity contribution in [3.63, 3.8) is 0 Å². The third-order valence-corrected chi connectivity index (χ3v) is 12.7. The van der Waals surface area contributed by atoms with Crippen molar-refractivity contribution in [1.82, 2.24) is 34.9 Å². The number of phenolic OH excluding ortho intramolecular Hbond substituents is 1. The summed E-state index contributed by atoms with van der Waals surface area (Å²) < 4.78 is 8.70. The summed E-state index contributed by atoms with van der Waals surface area (Å²) in [4.78, 5) is 50.8. The monoisotopic (exact) mass is 812 g/mol. The van der Waals surface area contributed by atoms with Crippen LogP contribution in [0.1, 0.15) is 72.7 Å². The van der Waals surface area contributed by atoms with Crippen molar-refractivity contribution < 1.29 is 24.2 Å². The fourth-order valence-electron chi connectivity index (χ4n) is 9.44. The number of phenols is 1. The molecule has 0 unspecified atom stereocenters. The molecule has 312 valence electrons. The van der Waals surface area contributed by atoms with Gasteiger partial charge >= 0.3 is 6.03 Å². The minimum absolute atomic E-state index is 0.0536. The number of rotatable bonds is 8. The number of aromatic nitrogens is 4. The molecule has 9 rings (SSSR count). The molecule has 0 spiro atoms. The number of hydrogen-bond acceptors (Lipinski definition) is 11. The van der Waals surface area contributed by atoms with Crippen molar-refractivity contribution in [2.45, 2.75) is 64.2 Å². The first-order valence-electron chi connectivity index (χ1n) is 21.1. The van der Waals surface area contributed by atoms with Crippen LogP contribution in [0.2, 0.25) is 0 Å². The van der Waals surface area contributed by atoms with E-state index in [1.807, 2.05) is 54.3 Å². The van der Waals surface area contributed by atoms with Gasteiger partial charge in [0.05, 0.1) is 29.4 Å². The number of nitrogens with one attached hydrogen (secondary N) is 1. The summed E-state index contributed by atoms with van der Waals surface area (Å²) in [5, 5.41) is 22.3. The zero-order chi connectivity index (χ0) is 41.5. The van der Waals surface area contributed by atoms with Gasteiger partial charge in [-0.15, -0.1) is 10.2 Å². The lowest BCUT2D eigenvalue weighted by atomic mass is 9.85. The highest BCUT2D eigenvalue weighted by Gasteiger charge is 2.31. The summed E-state index contributed by atoms with van der Waals surface area (Å²) in [5.74, 6) is 0.866. The molecule has 5 aromatic rings. The number of nitrogen functional groups attached to an aromatic ring is 1. The third kappa shape index (κ3) is 7.98. The zero-order valence-electron chi connectivity index (χ0n) is 34.2. The van der Waals surface area contributed by atoms with E-state index in [1.165, 1.54) is 0 Å². The van der Waals surface area contributed by atoms with E-state index in [9.17, 15) is 19.5 Å². The van der Waals surface area contributed by atoms with Crippen LogP contribution in [-0.2, 0) is 9.53 Å². The molecule has 3 aromatic heterocycles. The molecule has 0 radical (unpaired) electrons. The average molecular weight is 813 g/mol. The number of carbonyl (C=O) groups is 3. The number of pyridine rings is 1. The molecule has 4 fully saturated rings. The Hall–Kier alpha value is -6.06. The summed E-state index contributed by atoms with van der Waals surface area (Å²) in [6.45, 7) is 9.82. The molecule has 3 saturated heterocycles. The Kier molecular flexibility index (Phi) is 10.9. The minimum atomic E-state index is -0.398. The maximum absolute atomic E-state index is 13.7. The van der Waals surface area contributed by atoms with Crippen molar-refractivity contribution in [3.8, 4) is 17.0 Å². The topological polar surface area (TPSA) is 175 Å². The highest BCUT2D eigenvalue weighted by atomic mass is 16.5. The van der Waals surface area contributed by atoms with E-state index in [4.69, 9.17) is 15.5 Å². The molecule has 4 amide bonds. The number of hydrogen-bond donors (Lipinski definition) is 3. The molecular formula is C45H52N10O5. The molecule has 15 nitrogen and oxygen atoms in total. The number of carbonyl (C=O) groups excluding carboxylic acids is 3. The number of amides is 4. The van der Waals surface area contributed by atoms with Gasteiger partial charge in [0.2, 0.25) is 5.91 Å². The number of aromatic hydroxyl groups is 1. The number of nitrogens with zero attached hydrogens (tertiary/aromatic N) is 8. The molecule has 0 bridgehead atoms. The van der Waals surface area contributed by atoms with Crippen LogP contribution in [0.15, 0.2) is 73.1 Å². The Morgan fingerprint density at radius 2 is 1.72 bits per heavy atom. The van der Waals surface area contributed by atoms with Crippen LogP contribution in [0.5, 0.6) is 5.75 Å². The molecule has 60 heavy (non-hydrogen) atoms. The predicted octanol–water partition coefficient (Wildman–Crippen LogP) is 5.69. The molecule has 4 N–H and O–H groups in total. The van der Waals surface area contributed by atoms with Gasteiger partial charge in [-0.2, -0.15) is 0 Å².